The number of rotatable bonds is 7. The van der Waals surface area contributed by atoms with Crippen LogP contribution in [0.3, 0.4) is 0 Å². The Morgan fingerprint density at radius 1 is 1.15 bits per heavy atom. The van der Waals surface area contributed by atoms with Crippen molar-refractivity contribution in [1.29, 1.82) is 0 Å². The second-order valence-corrected chi connectivity index (χ2v) is 4.58. The number of hydrogen-bond donors (Lipinski definition) is 3. The lowest BCUT2D eigenvalue weighted by atomic mass is 10.4. The van der Waals surface area contributed by atoms with Gasteiger partial charge in [-0.25, -0.2) is 0 Å². The highest BCUT2D eigenvalue weighted by atomic mass is 16.3. The molecule has 7 nitrogen and oxygen atoms in total. The third-order valence-corrected chi connectivity index (χ3v) is 2.85. The van der Waals surface area contributed by atoms with E-state index in [1.54, 1.807) is 6.07 Å². The Morgan fingerprint density at radius 3 is 2.55 bits per heavy atom. The molecule has 0 aliphatic heterocycles. The molecule has 1 aromatic heterocycles. The number of amides is 3. The largest absolute Gasteiger partial charge is 0.459 e. The summed E-state index contributed by atoms with van der Waals surface area (Å²) in [5.74, 6) is -0.379. The maximum atomic E-state index is 11.5. The second-order valence-electron chi connectivity index (χ2n) is 4.58. The maximum Gasteiger partial charge on any atom is 0.287 e. The van der Waals surface area contributed by atoms with Gasteiger partial charge in [-0.2, -0.15) is 0 Å². The van der Waals surface area contributed by atoms with E-state index in [-0.39, 0.29) is 30.0 Å². The lowest BCUT2D eigenvalue weighted by Crippen LogP contribution is -2.40. The molecule has 1 heterocycles. The molecule has 3 N–H and O–H groups in total. The van der Waals surface area contributed by atoms with Gasteiger partial charge in [0.1, 0.15) is 0 Å². The average Bonchev–Trinajstić information content (AvgIpc) is 3.15. The molecule has 1 fully saturated rings. The summed E-state index contributed by atoms with van der Waals surface area (Å²) >= 11 is 0. The number of hydrogen-bond acceptors (Lipinski definition) is 4. The third kappa shape index (κ3) is 4.42. The van der Waals surface area contributed by atoms with Crippen molar-refractivity contribution in [3.05, 3.63) is 24.2 Å². The van der Waals surface area contributed by atoms with E-state index in [0.29, 0.717) is 13.1 Å². The van der Waals surface area contributed by atoms with E-state index in [1.165, 1.54) is 12.3 Å². The normalized spacial score (nSPS) is 13.6. The SMILES string of the molecule is O=C(CNC(=O)c1ccco1)NCCNC(=O)C1CC1. The first kappa shape index (κ1) is 14.1. The number of nitrogens with one attached hydrogen (secondary N) is 3. The molecule has 0 spiro atoms. The van der Waals surface area contributed by atoms with Gasteiger partial charge in [-0.3, -0.25) is 14.4 Å². The molecular formula is C13H17N3O4. The Morgan fingerprint density at radius 2 is 1.90 bits per heavy atom. The van der Waals surface area contributed by atoms with Crippen molar-refractivity contribution in [3.8, 4) is 0 Å². The average molecular weight is 279 g/mol. The van der Waals surface area contributed by atoms with Crippen LogP contribution in [-0.2, 0) is 9.59 Å². The Hall–Kier alpha value is -2.31. The Bertz CT molecular complexity index is 480. The maximum absolute atomic E-state index is 11.5. The van der Waals surface area contributed by atoms with E-state index in [1.807, 2.05) is 0 Å². The molecular weight excluding hydrogens is 262 g/mol. The molecule has 0 unspecified atom stereocenters. The van der Waals surface area contributed by atoms with Gasteiger partial charge >= 0.3 is 0 Å². The predicted octanol–water partition coefficient (Wildman–Crippen LogP) is -0.348. The van der Waals surface area contributed by atoms with Gasteiger partial charge in [0.2, 0.25) is 11.8 Å². The zero-order valence-electron chi connectivity index (χ0n) is 11.0. The van der Waals surface area contributed by atoms with Gasteiger partial charge in [0.15, 0.2) is 5.76 Å². The summed E-state index contributed by atoms with van der Waals surface area (Å²) in [5, 5.41) is 7.76. The van der Waals surface area contributed by atoms with Gasteiger partial charge in [0.25, 0.3) is 5.91 Å². The summed E-state index contributed by atoms with van der Waals surface area (Å²) in [6.07, 6.45) is 3.30. The second kappa shape index (κ2) is 6.74. The van der Waals surface area contributed by atoms with Gasteiger partial charge < -0.3 is 20.4 Å². The Labute approximate surface area is 116 Å². The first-order valence-corrected chi connectivity index (χ1v) is 6.53. The smallest absolute Gasteiger partial charge is 0.287 e. The van der Waals surface area contributed by atoms with Crippen molar-refractivity contribution >= 4 is 17.7 Å². The van der Waals surface area contributed by atoms with Crippen LogP contribution in [0.5, 0.6) is 0 Å². The molecule has 20 heavy (non-hydrogen) atoms. The van der Waals surface area contributed by atoms with Gasteiger partial charge in [0.05, 0.1) is 12.8 Å². The highest BCUT2D eigenvalue weighted by molar-refractivity contribution is 5.94. The first-order chi connectivity index (χ1) is 9.66. The molecule has 0 bridgehead atoms. The van der Waals surface area contributed by atoms with Crippen molar-refractivity contribution in [2.45, 2.75) is 12.8 Å². The van der Waals surface area contributed by atoms with Gasteiger partial charge in [-0.1, -0.05) is 0 Å². The molecule has 3 amide bonds. The van der Waals surface area contributed by atoms with Crippen molar-refractivity contribution in [3.63, 3.8) is 0 Å². The lowest BCUT2D eigenvalue weighted by molar-refractivity contribution is -0.123. The molecule has 108 valence electrons. The van der Waals surface area contributed by atoms with Gasteiger partial charge in [-0.15, -0.1) is 0 Å². The summed E-state index contributed by atoms with van der Waals surface area (Å²) in [4.78, 5) is 34.2. The summed E-state index contributed by atoms with van der Waals surface area (Å²) in [6.45, 7) is 0.608. The van der Waals surface area contributed by atoms with E-state index < -0.39 is 5.91 Å². The fraction of sp³-hybridized carbons (Fsp3) is 0.462. The predicted molar refractivity (Wildman–Crippen MR) is 69.8 cm³/mol. The number of carbonyl (C=O) groups is 3. The molecule has 1 aliphatic rings. The van der Waals surface area contributed by atoms with Crippen molar-refractivity contribution in [1.82, 2.24) is 16.0 Å². The van der Waals surface area contributed by atoms with Crippen molar-refractivity contribution in [2.75, 3.05) is 19.6 Å². The minimum atomic E-state index is -0.438. The Balaban J connectivity index is 1.54. The summed E-state index contributed by atoms with van der Waals surface area (Å²) in [7, 11) is 0. The molecule has 1 aliphatic carbocycles. The molecule has 1 saturated carbocycles. The van der Waals surface area contributed by atoms with Gasteiger partial charge in [-0.05, 0) is 25.0 Å². The lowest BCUT2D eigenvalue weighted by Gasteiger charge is -2.07. The summed E-state index contributed by atoms with van der Waals surface area (Å²) in [6, 6.07) is 3.11. The number of carbonyl (C=O) groups excluding carboxylic acids is 3. The zero-order valence-corrected chi connectivity index (χ0v) is 11.0. The molecule has 0 atom stereocenters. The molecule has 7 heteroatoms. The van der Waals surface area contributed by atoms with Crippen molar-refractivity contribution in [2.24, 2.45) is 5.92 Å². The van der Waals surface area contributed by atoms with Crippen LogP contribution in [0.2, 0.25) is 0 Å². The van der Waals surface area contributed by atoms with Crippen LogP contribution in [0.25, 0.3) is 0 Å². The van der Waals surface area contributed by atoms with Crippen LogP contribution in [0.15, 0.2) is 22.8 Å². The molecule has 0 radical (unpaired) electrons. The monoisotopic (exact) mass is 279 g/mol. The van der Waals surface area contributed by atoms with Crippen LogP contribution in [0, 0.1) is 5.92 Å². The molecule has 1 aromatic rings. The molecule has 0 aromatic carbocycles. The minimum absolute atomic E-state index is 0.0466. The summed E-state index contributed by atoms with van der Waals surface area (Å²) < 4.78 is 4.89. The van der Waals surface area contributed by atoms with Gasteiger partial charge in [0, 0.05) is 19.0 Å². The Kier molecular flexibility index (Phi) is 4.75. The molecule has 0 saturated heterocycles. The van der Waals surface area contributed by atoms with E-state index in [4.69, 9.17) is 4.42 Å². The van der Waals surface area contributed by atoms with E-state index in [9.17, 15) is 14.4 Å². The van der Waals surface area contributed by atoms with Crippen molar-refractivity contribution < 1.29 is 18.8 Å². The third-order valence-electron chi connectivity index (χ3n) is 2.85. The highest BCUT2D eigenvalue weighted by Gasteiger charge is 2.28. The minimum Gasteiger partial charge on any atom is -0.459 e. The standard InChI is InChI=1S/C13H17N3O4/c17-11(8-16-13(19)10-2-1-7-20-10)14-5-6-15-12(18)9-3-4-9/h1-2,7,9H,3-6,8H2,(H,14,17)(H,15,18)(H,16,19). The van der Waals surface area contributed by atoms with E-state index >= 15 is 0 Å². The highest BCUT2D eigenvalue weighted by Crippen LogP contribution is 2.28. The summed E-state index contributed by atoms with van der Waals surface area (Å²) in [5.41, 5.74) is 0. The number of furan rings is 1. The fourth-order valence-corrected chi connectivity index (χ4v) is 1.60. The van der Waals surface area contributed by atoms with Crippen LogP contribution < -0.4 is 16.0 Å². The quantitative estimate of drug-likeness (QED) is 0.594. The fourth-order valence-electron chi connectivity index (χ4n) is 1.60. The van der Waals surface area contributed by atoms with E-state index in [0.717, 1.165) is 12.8 Å². The first-order valence-electron chi connectivity index (χ1n) is 6.53. The zero-order chi connectivity index (χ0) is 14.4. The van der Waals surface area contributed by atoms with Crippen LogP contribution in [0.4, 0.5) is 0 Å². The van der Waals surface area contributed by atoms with Crippen LogP contribution >= 0.6 is 0 Å². The van der Waals surface area contributed by atoms with Crippen LogP contribution in [0.1, 0.15) is 23.4 Å². The topological polar surface area (TPSA) is 100 Å². The molecule has 2 rings (SSSR count). The van der Waals surface area contributed by atoms with Crippen LogP contribution in [-0.4, -0.2) is 37.4 Å². The van der Waals surface area contributed by atoms with E-state index in [2.05, 4.69) is 16.0 Å².